The van der Waals surface area contributed by atoms with Crippen molar-refractivity contribution in [2.45, 2.75) is 43.7 Å². The molecule has 5 nitrogen and oxygen atoms in total. The highest BCUT2D eigenvalue weighted by molar-refractivity contribution is 5.07. The molecule has 0 aliphatic heterocycles. The summed E-state index contributed by atoms with van der Waals surface area (Å²) in [6, 6.07) is 0.249. The summed E-state index contributed by atoms with van der Waals surface area (Å²) in [4.78, 5) is 0. The third kappa shape index (κ3) is 2.86. The van der Waals surface area contributed by atoms with E-state index >= 15 is 0 Å². The molecule has 1 saturated carbocycles. The summed E-state index contributed by atoms with van der Waals surface area (Å²) in [5, 5.41) is 4.17. The Morgan fingerprint density at radius 3 is 2.82 bits per heavy atom. The Morgan fingerprint density at radius 2 is 2.41 bits per heavy atom. The summed E-state index contributed by atoms with van der Waals surface area (Å²) >= 11 is 0. The van der Waals surface area contributed by atoms with Crippen molar-refractivity contribution in [3.05, 3.63) is 18.0 Å². The molecule has 3 N–H and O–H groups in total. The Hall–Kier alpha value is -0.910. The first kappa shape index (κ1) is 12.5. The van der Waals surface area contributed by atoms with E-state index in [1.54, 1.807) is 7.11 Å². The van der Waals surface area contributed by atoms with Gasteiger partial charge in [0.25, 0.3) is 0 Å². The Kier molecular flexibility index (Phi) is 3.81. The lowest BCUT2D eigenvalue weighted by Crippen LogP contribution is -2.48. The number of hydrogen-bond acceptors (Lipinski definition) is 4. The molecular formula is C12H22N4O. The fourth-order valence-electron chi connectivity index (χ4n) is 2.56. The molecule has 1 aromatic heterocycles. The topological polar surface area (TPSA) is 65.1 Å². The number of rotatable bonds is 6. The van der Waals surface area contributed by atoms with Gasteiger partial charge in [0.05, 0.1) is 11.8 Å². The van der Waals surface area contributed by atoms with Crippen LogP contribution in [-0.4, -0.2) is 28.5 Å². The van der Waals surface area contributed by atoms with Gasteiger partial charge in [-0.05, 0) is 37.7 Å². The van der Waals surface area contributed by atoms with Crippen molar-refractivity contribution in [1.82, 2.24) is 15.2 Å². The highest BCUT2D eigenvalue weighted by atomic mass is 16.5. The van der Waals surface area contributed by atoms with Crippen LogP contribution in [0.5, 0.6) is 0 Å². The third-order valence-corrected chi connectivity index (χ3v) is 3.79. The van der Waals surface area contributed by atoms with Crippen LogP contribution >= 0.6 is 0 Å². The lowest BCUT2D eigenvalue weighted by atomic mass is 9.75. The van der Waals surface area contributed by atoms with Crippen molar-refractivity contribution in [2.75, 3.05) is 7.11 Å². The van der Waals surface area contributed by atoms with Gasteiger partial charge in [0.1, 0.15) is 0 Å². The van der Waals surface area contributed by atoms with Crippen LogP contribution in [0.15, 0.2) is 12.4 Å². The molecule has 5 heteroatoms. The molecule has 0 amide bonds. The van der Waals surface area contributed by atoms with Gasteiger partial charge in [-0.3, -0.25) is 16.0 Å². The van der Waals surface area contributed by atoms with Gasteiger partial charge < -0.3 is 4.74 Å². The molecule has 96 valence electrons. The summed E-state index contributed by atoms with van der Waals surface area (Å²) in [6.45, 7) is 0. The number of aryl methyl sites for hydroxylation is 1. The zero-order chi connectivity index (χ0) is 12.3. The normalized spacial score (nSPS) is 19.9. The monoisotopic (exact) mass is 238 g/mol. The third-order valence-electron chi connectivity index (χ3n) is 3.79. The van der Waals surface area contributed by atoms with Gasteiger partial charge in [-0.15, -0.1) is 0 Å². The largest absolute Gasteiger partial charge is 0.378 e. The molecular weight excluding hydrogens is 216 g/mol. The highest BCUT2D eigenvalue weighted by Gasteiger charge is 2.38. The maximum Gasteiger partial charge on any atom is 0.0694 e. The van der Waals surface area contributed by atoms with E-state index in [0.29, 0.717) is 0 Å². The maximum atomic E-state index is 5.64. The van der Waals surface area contributed by atoms with Crippen molar-refractivity contribution in [3.63, 3.8) is 0 Å². The number of hydrogen-bond donors (Lipinski definition) is 2. The molecule has 1 heterocycles. The average molecular weight is 238 g/mol. The van der Waals surface area contributed by atoms with Crippen LogP contribution in [0.1, 0.15) is 31.2 Å². The molecule has 17 heavy (non-hydrogen) atoms. The van der Waals surface area contributed by atoms with E-state index in [-0.39, 0.29) is 11.6 Å². The molecule has 1 unspecified atom stereocenters. The van der Waals surface area contributed by atoms with E-state index < -0.39 is 0 Å². The number of methoxy groups -OCH3 is 1. The highest BCUT2D eigenvalue weighted by Crippen LogP contribution is 2.39. The Bertz CT molecular complexity index is 354. The van der Waals surface area contributed by atoms with Crippen LogP contribution in [0.3, 0.4) is 0 Å². The Labute approximate surface area is 102 Å². The van der Waals surface area contributed by atoms with Gasteiger partial charge in [-0.25, -0.2) is 0 Å². The minimum absolute atomic E-state index is 0.0548. The summed E-state index contributed by atoms with van der Waals surface area (Å²) in [5.74, 6) is 5.64. The molecule has 2 rings (SSSR count). The van der Waals surface area contributed by atoms with Crippen LogP contribution in [0.2, 0.25) is 0 Å². The number of nitrogens with one attached hydrogen (secondary N) is 1. The number of nitrogens with two attached hydrogens (primary N) is 1. The first-order valence-corrected chi connectivity index (χ1v) is 6.16. The van der Waals surface area contributed by atoms with Crippen molar-refractivity contribution in [3.8, 4) is 0 Å². The van der Waals surface area contributed by atoms with Crippen LogP contribution < -0.4 is 11.3 Å². The van der Waals surface area contributed by atoms with Crippen LogP contribution in [0.25, 0.3) is 0 Å². The lowest BCUT2D eigenvalue weighted by molar-refractivity contribution is -0.0834. The molecule has 1 fully saturated rings. The van der Waals surface area contributed by atoms with Gasteiger partial charge in [0.2, 0.25) is 0 Å². The van der Waals surface area contributed by atoms with E-state index in [1.807, 2.05) is 24.1 Å². The van der Waals surface area contributed by atoms with Crippen LogP contribution in [0, 0.1) is 0 Å². The smallest absolute Gasteiger partial charge is 0.0694 e. The minimum Gasteiger partial charge on any atom is -0.378 e. The van der Waals surface area contributed by atoms with Crippen molar-refractivity contribution in [2.24, 2.45) is 12.9 Å². The van der Waals surface area contributed by atoms with E-state index in [0.717, 1.165) is 25.7 Å². The second kappa shape index (κ2) is 5.16. The fraction of sp³-hybridized carbons (Fsp3) is 0.750. The van der Waals surface area contributed by atoms with Gasteiger partial charge in [0.15, 0.2) is 0 Å². The quantitative estimate of drug-likeness (QED) is 0.567. The second-order valence-electron chi connectivity index (χ2n) is 5.03. The van der Waals surface area contributed by atoms with Crippen LogP contribution in [-0.2, 0) is 18.2 Å². The first-order valence-electron chi connectivity index (χ1n) is 6.16. The lowest BCUT2D eigenvalue weighted by Gasteiger charge is -2.42. The summed E-state index contributed by atoms with van der Waals surface area (Å²) in [5.41, 5.74) is 4.17. The minimum atomic E-state index is 0.0548. The number of hydrazine groups is 1. The predicted octanol–water partition coefficient (Wildman–Crippen LogP) is 0.754. The number of aromatic nitrogens is 2. The summed E-state index contributed by atoms with van der Waals surface area (Å²) in [7, 11) is 3.73. The molecule has 0 radical (unpaired) electrons. The summed E-state index contributed by atoms with van der Waals surface area (Å²) < 4.78 is 7.45. The molecule has 0 saturated heterocycles. The molecule has 0 bridgehead atoms. The average Bonchev–Trinajstić information content (AvgIpc) is 2.67. The first-order chi connectivity index (χ1) is 8.17. The van der Waals surface area contributed by atoms with Gasteiger partial charge >= 0.3 is 0 Å². The molecule has 1 aliphatic rings. The van der Waals surface area contributed by atoms with Gasteiger partial charge in [-0.1, -0.05) is 0 Å². The standard InChI is InChI=1S/C12H22N4O/c1-16-9-10(8-14-16)6-11(15-13)7-12(17-2)4-3-5-12/h8-9,11,15H,3-7,13H2,1-2H3. The number of ether oxygens (including phenoxy) is 1. The fourth-order valence-corrected chi connectivity index (χ4v) is 2.56. The Morgan fingerprint density at radius 1 is 1.65 bits per heavy atom. The predicted molar refractivity (Wildman–Crippen MR) is 66.2 cm³/mol. The molecule has 0 spiro atoms. The summed E-state index contributed by atoms with van der Waals surface area (Å²) in [6.07, 6.45) is 9.35. The molecule has 1 aliphatic carbocycles. The second-order valence-corrected chi connectivity index (χ2v) is 5.03. The molecule has 1 atom stereocenters. The van der Waals surface area contributed by atoms with E-state index in [4.69, 9.17) is 10.6 Å². The molecule has 1 aromatic rings. The van der Waals surface area contributed by atoms with Crippen molar-refractivity contribution in [1.29, 1.82) is 0 Å². The Balaban J connectivity index is 1.92. The van der Waals surface area contributed by atoms with Crippen molar-refractivity contribution >= 4 is 0 Å². The zero-order valence-corrected chi connectivity index (χ0v) is 10.6. The SMILES string of the molecule is COC1(CC(Cc2cnn(C)c2)NN)CCC1. The van der Waals surface area contributed by atoms with Gasteiger partial charge in [-0.2, -0.15) is 5.10 Å². The van der Waals surface area contributed by atoms with E-state index in [9.17, 15) is 0 Å². The van der Waals surface area contributed by atoms with E-state index in [1.165, 1.54) is 12.0 Å². The van der Waals surface area contributed by atoms with E-state index in [2.05, 4.69) is 10.5 Å². The van der Waals surface area contributed by atoms with Crippen LogP contribution in [0.4, 0.5) is 0 Å². The maximum absolute atomic E-state index is 5.64. The zero-order valence-electron chi connectivity index (χ0n) is 10.6. The number of nitrogens with zero attached hydrogens (tertiary/aromatic N) is 2. The van der Waals surface area contributed by atoms with Gasteiger partial charge in [0, 0.05) is 26.4 Å². The molecule has 0 aromatic carbocycles. The van der Waals surface area contributed by atoms with Crippen molar-refractivity contribution < 1.29 is 4.74 Å².